The minimum atomic E-state index is 0.296. The smallest absolute Gasteiger partial charge is 0.216 e. The molecule has 32 heavy (non-hydrogen) atoms. The van der Waals surface area contributed by atoms with Gasteiger partial charge in [0, 0.05) is 17.2 Å². The topological polar surface area (TPSA) is 101 Å². The summed E-state index contributed by atoms with van der Waals surface area (Å²) in [5.41, 5.74) is 1.31. The standard InChI is InChI=1S/C21H24N4O6S/c1-26-14-10-16(28-3)15(27-2)9-13(14)11-22-25-20(23-24-21(25)32)12-7-17(29-4)19(31-6)18(8-12)30-5/h7-11H,1-6H3,(H,24,32). The molecule has 1 aromatic heterocycles. The maximum Gasteiger partial charge on any atom is 0.216 e. The first-order chi connectivity index (χ1) is 15.5. The molecule has 0 bridgehead atoms. The number of aromatic amines is 1. The average molecular weight is 461 g/mol. The third kappa shape index (κ3) is 4.33. The number of methoxy groups -OCH3 is 6. The summed E-state index contributed by atoms with van der Waals surface area (Å²) in [6.45, 7) is 0. The van der Waals surface area contributed by atoms with Crippen molar-refractivity contribution in [2.24, 2.45) is 5.10 Å². The second-order valence-corrected chi connectivity index (χ2v) is 6.66. The molecule has 0 spiro atoms. The number of nitrogens with zero attached hydrogens (tertiary/aromatic N) is 3. The van der Waals surface area contributed by atoms with E-state index in [4.69, 9.17) is 40.6 Å². The molecular formula is C21H24N4O6S. The zero-order valence-corrected chi connectivity index (χ0v) is 19.4. The summed E-state index contributed by atoms with van der Waals surface area (Å²) in [5.74, 6) is 3.51. The highest BCUT2D eigenvalue weighted by atomic mass is 32.1. The van der Waals surface area contributed by atoms with Crippen molar-refractivity contribution >= 4 is 18.4 Å². The van der Waals surface area contributed by atoms with Crippen LogP contribution in [0.4, 0.5) is 0 Å². The highest BCUT2D eigenvalue weighted by Crippen LogP contribution is 2.41. The fraction of sp³-hybridized carbons (Fsp3) is 0.286. The molecule has 3 aromatic rings. The Hall–Kier alpha value is -3.73. The summed E-state index contributed by atoms with van der Waals surface area (Å²) in [6.07, 6.45) is 1.59. The Labute approximate surface area is 190 Å². The first kappa shape index (κ1) is 22.9. The molecule has 3 rings (SSSR count). The predicted molar refractivity (Wildman–Crippen MR) is 122 cm³/mol. The second-order valence-electron chi connectivity index (χ2n) is 6.27. The monoisotopic (exact) mass is 460 g/mol. The molecule has 0 saturated carbocycles. The highest BCUT2D eigenvalue weighted by molar-refractivity contribution is 7.71. The Morgan fingerprint density at radius 1 is 0.781 bits per heavy atom. The molecule has 0 fully saturated rings. The van der Waals surface area contributed by atoms with Gasteiger partial charge in [-0.25, -0.2) is 5.10 Å². The van der Waals surface area contributed by atoms with Crippen LogP contribution in [-0.2, 0) is 0 Å². The van der Waals surface area contributed by atoms with Crippen LogP contribution in [0.1, 0.15) is 5.56 Å². The van der Waals surface area contributed by atoms with Gasteiger partial charge in [0.2, 0.25) is 10.5 Å². The van der Waals surface area contributed by atoms with Crippen molar-refractivity contribution in [2.75, 3.05) is 42.7 Å². The SMILES string of the molecule is COc1cc(OC)c(OC)cc1C=Nn1c(-c2cc(OC)c(OC)c(OC)c2)n[nH]c1=S. The van der Waals surface area contributed by atoms with E-state index in [0.717, 1.165) is 0 Å². The van der Waals surface area contributed by atoms with E-state index in [1.807, 2.05) is 0 Å². The average Bonchev–Trinajstić information content (AvgIpc) is 3.20. The predicted octanol–water partition coefficient (Wildman–Crippen LogP) is 3.54. The number of rotatable bonds is 9. The van der Waals surface area contributed by atoms with Gasteiger partial charge < -0.3 is 28.4 Å². The molecular weight excluding hydrogens is 436 g/mol. The number of hydrogen-bond acceptors (Lipinski definition) is 9. The highest BCUT2D eigenvalue weighted by Gasteiger charge is 2.18. The number of ether oxygens (including phenoxy) is 6. The van der Waals surface area contributed by atoms with E-state index in [-0.39, 0.29) is 0 Å². The molecule has 0 saturated heterocycles. The Kier molecular flexibility index (Phi) is 7.21. The number of benzene rings is 2. The van der Waals surface area contributed by atoms with Gasteiger partial charge in [-0.15, -0.1) is 0 Å². The lowest BCUT2D eigenvalue weighted by Crippen LogP contribution is -2.00. The normalized spacial score (nSPS) is 10.8. The fourth-order valence-corrected chi connectivity index (χ4v) is 3.25. The van der Waals surface area contributed by atoms with E-state index in [1.165, 1.54) is 11.8 Å². The Bertz CT molecular complexity index is 1160. The summed E-state index contributed by atoms with van der Waals surface area (Å²) in [5, 5.41) is 11.6. The Morgan fingerprint density at radius 2 is 1.34 bits per heavy atom. The first-order valence-corrected chi connectivity index (χ1v) is 9.74. The summed E-state index contributed by atoms with van der Waals surface area (Å²) in [7, 11) is 9.29. The summed E-state index contributed by atoms with van der Waals surface area (Å²) in [4.78, 5) is 0. The molecule has 2 aromatic carbocycles. The molecule has 0 aliphatic carbocycles. The van der Waals surface area contributed by atoms with Crippen LogP contribution in [0.3, 0.4) is 0 Å². The molecule has 10 nitrogen and oxygen atoms in total. The Morgan fingerprint density at radius 3 is 1.88 bits per heavy atom. The van der Waals surface area contributed by atoms with Gasteiger partial charge in [0.25, 0.3) is 0 Å². The van der Waals surface area contributed by atoms with Gasteiger partial charge in [-0.2, -0.15) is 14.9 Å². The molecule has 0 amide bonds. The molecule has 0 unspecified atom stereocenters. The van der Waals surface area contributed by atoms with E-state index >= 15 is 0 Å². The lowest BCUT2D eigenvalue weighted by atomic mass is 10.1. The first-order valence-electron chi connectivity index (χ1n) is 9.33. The molecule has 0 atom stereocenters. The molecule has 170 valence electrons. The quantitative estimate of drug-likeness (QED) is 0.382. The third-order valence-electron chi connectivity index (χ3n) is 4.62. The zero-order chi connectivity index (χ0) is 23.3. The lowest BCUT2D eigenvalue weighted by molar-refractivity contribution is 0.324. The van der Waals surface area contributed by atoms with Gasteiger partial charge >= 0.3 is 0 Å². The van der Waals surface area contributed by atoms with E-state index in [2.05, 4.69) is 15.3 Å². The summed E-state index contributed by atoms with van der Waals surface area (Å²) in [6, 6.07) is 6.99. The van der Waals surface area contributed by atoms with Crippen molar-refractivity contribution in [1.82, 2.24) is 14.9 Å². The van der Waals surface area contributed by atoms with Gasteiger partial charge in [-0.1, -0.05) is 0 Å². The van der Waals surface area contributed by atoms with E-state index in [1.54, 1.807) is 66.0 Å². The lowest BCUT2D eigenvalue weighted by Gasteiger charge is -2.14. The van der Waals surface area contributed by atoms with E-state index in [9.17, 15) is 0 Å². The minimum Gasteiger partial charge on any atom is -0.496 e. The van der Waals surface area contributed by atoms with Crippen molar-refractivity contribution in [2.45, 2.75) is 0 Å². The second kappa shape index (κ2) is 10.1. The number of aromatic nitrogens is 3. The van der Waals surface area contributed by atoms with Crippen molar-refractivity contribution in [3.8, 4) is 45.9 Å². The molecule has 1 N–H and O–H groups in total. The molecule has 0 aliphatic rings. The van der Waals surface area contributed by atoms with Crippen molar-refractivity contribution in [3.05, 3.63) is 34.6 Å². The van der Waals surface area contributed by atoms with Crippen LogP contribution in [0, 0.1) is 4.77 Å². The molecule has 11 heteroatoms. The van der Waals surface area contributed by atoms with Gasteiger partial charge in [0.05, 0.1) is 48.9 Å². The van der Waals surface area contributed by atoms with Crippen LogP contribution in [-0.4, -0.2) is 63.7 Å². The van der Waals surface area contributed by atoms with Crippen LogP contribution in [0.2, 0.25) is 0 Å². The number of nitrogens with one attached hydrogen (secondary N) is 1. The minimum absolute atomic E-state index is 0.296. The van der Waals surface area contributed by atoms with Crippen LogP contribution in [0.25, 0.3) is 11.4 Å². The van der Waals surface area contributed by atoms with Crippen LogP contribution < -0.4 is 28.4 Å². The van der Waals surface area contributed by atoms with Crippen molar-refractivity contribution < 1.29 is 28.4 Å². The third-order valence-corrected chi connectivity index (χ3v) is 4.89. The zero-order valence-electron chi connectivity index (χ0n) is 18.6. The largest absolute Gasteiger partial charge is 0.496 e. The Balaban J connectivity index is 2.10. The number of H-pyrrole nitrogens is 1. The number of hydrogen-bond donors (Lipinski definition) is 1. The molecule has 0 aliphatic heterocycles. The maximum atomic E-state index is 5.46. The van der Waals surface area contributed by atoms with Crippen molar-refractivity contribution in [1.29, 1.82) is 0 Å². The summed E-state index contributed by atoms with van der Waals surface area (Å²) >= 11 is 5.38. The molecule has 0 radical (unpaired) electrons. The van der Waals surface area contributed by atoms with Gasteiger partial charge in [0.15, 0.2) is 28.8 Å². The van der Waals surface area contributed by atoms with Crippen LogP contribution in [0.5, 0.6) is 34.5 Å². The van der Waals surface area contributed by atoms with E-state index in [0.29, 0.717) is 56.2 Å². The maximum absolute atomic E-state index is 5.46. The van der Waals surface area contributed by atoms with E-state index < -0.39 is 0 Å². The fourth-order valence-electron chi connectivity index (χ4n) is 3.07. The molecule has 1 heterocycles. The van der Waals surface area contributed by atoms with Crippen LogP contribution in [0.15, 0.2) is 29.4 Å². The summed E-state index contributed by atoms with van der Waals surface area (Å²) < 4.78 is 34.2. The van der Waals surface area contributed by atoms with Gasteiger partial charge in [0.1, 0.15) is 5.75 Å². The van der Waals surface area contributed by atoms with Crippen molar-refractivity contribution in [3.63, 3.8) is 0 Å². The van der Waals surface area contributed by atoms with Gasteiger partial charge in [-0.3, -0.25) is 0 Å². The van der Waals surface area contributed by atoms with Gasteiger partial charge in [-0.05, 0) is 30.4 Å². The van der Waals surface area contributed by atoms with Crippen LogP contribution >= 0.6 is 12.2 Å².